The molecule has 3 nitrogen and oxygen atoms in total. The normalized spacial score (nSPS) is 15.2. The second-order valence-electron chi connectivity index (χ2n) is 5.06. The van der Waals surface area contributed by atoms with Crippen LogP contribution in [0.5, 0.6) is 5.75 Å². The average molecular weight is 279 g/mol. The molecule has 1 aliphatic rings. The van der Waals surface area contributed by atoms with Crippen molar-refractivity contribution in [2.75, 3.05) is 0 Å². The molecule has 0 spiro atoms. The van der Waals surface area contributed by atoms with Crippen LogP contribution in [-0.2, 0) is 12.8 Å². The number of pyridine rings is 1. The van der Waals surface area contributed by atoms with E-state index in [-0.39, 0.29) is 11.2 Å². The molecule has 0 saturated carbocycles. The van der Waals surface area contributed by atoms with E-state index in [9.17, 15) is 13.6 Å². The molecule has 1 aliphatic carbocycles. The Morgan fingerprint density at radius 1 is 1.15 bits per heavy atom. The molecule has 3 rings (SSSR count). The number of aromatic amines is 1. The third kappa shape index (κ3) is 2.40. The third-order valence-corrected chi connectivity index (χ3v) is 3.74. The van der Waals surface area contributed by atoms with E-state index in [1.807, 2.05) is 0 Å². The van der Waals surface area contributed by atoms with Crippen LogP contribution in [0.15, 0.2) is 23.0 Å². The zero-order valence-corrected chi connectivity index (χ0v) is 10.9. The number of nitrogens with one attached hydrogen (secondary N) is 1. The lowest BCUT2D eigenvalue weighted by molar-refractivity contribution is -0.0497. The maximum Gasteiger partial charge on any atom is 0.387 e. The van der Waals surface area contributed by atoms with Crippen LogP contribution in [0.2, 0.25) is 0 Å². The van der Waals surface area contributed by atoms with Crippen molar-refractivity contribution in [1.82, 2.24) is 4.98 Å². The number of aromatic nitrogens is 1. The lowest BCUT2D eigenvalue weighted by Gasteiger charge is -2.10. The van der Waals surface area contributed by atoms with Crippen LogP contribution < -0.4 is 10.2 Å². The van der Waals surface area contributed by atoms with Gasteiger partial charge in [0.15, 0.2) is 5.43 Å². The first kappa shape index (κ1) is 13.1. The van der Waals surface area contributed by atoms with Gasteiger partial charge < -0.3 is 9.72 Å². The van der Waals surface area contributed by atoms with Crippen molar-refractivity contribution in [3.05, 3.63) is 39.7 Å². The van der Waals surface area contributed by atoms with Gasteiger partial charge in [-0.05, 0) is 43.9 Å². The molecule has 0 atom stereocenters. The predicted octanol–water partition coefficient (Wildman–Crippen LogP) is 3.40. The van der Waals surface area contributed by atoms with E-state index in [2.05, 4.69) is 9.72 Å². The molecule has 0 bridgehead atoms. The van der Waals surface area contributed by atoms with Crippen LogP contribution in [0.3, 0.4) is 0 Å². The standard InChI is InChI=1S/C15H15F2NO2/c16-15(17)20-9-6-7-13-11(8-9)14(19)10-4-2-1-3-5-12(10)18-13/h6-8,15H,1-5H2,(H,18,19). The van der Waals surface area contributed by atoms with E-state index in [1.165, 1.54) is 12.1 Å². The Kier molecular flexibility index (Phi) is 3.42. The summed E-state index contributed by atoms with van der Waals surface area (Å²) in [5.74, 6) is 0.0200. The van der Waals surface area contributed by atoms with E-state index in [1.54, 1.807) is 6.07 Å². The van der Waals surface area contributed by atoms with Gasteiger partial charge >= 0.3 is 6.61 Å². The molecule has 0 fully saturated rings. The molecule has 1 aromatic carbocycles. The van der Waals surface area contributed by atoms with Crippen LogP contribution >= 0.6 is 0 Å². The van der Waals surface area contributed by atoms with E-state index in [4.69, 9.17) is 0 Å². The number of hydrogen-bond donors (Lipinski definition) is 1. The van der Waals surface area contributed by atoms with Gasteiger partial charge in [0, 0.05) is 22.2 Å². The molecule has 1 aromatic heterocycles. The van der Waals surface area contributed by atoms with Crippen molar-refractivity contribution in [2.24, 2.45) is 0 Å². The first-order valence-corrected chi connectivity index (χ1v) is 6.78. The summed E-state index contributed by atoms with van der Waals surface area (Å²) in [5, 5.41) is 0.420. The minimum absolute atomic E-state index is 0.0200. The second-order valence-corrected chi connectivity index (χ2v) is 5.06. The summed E-state index contributed by atoms with van der Waals surface area (Å²) in [5.41, 5.74) is 2.40. The fraction of sp³-hybridized carbons (Fsp3) is 0.400. The number of alkyl halides is 2. The van der Waals surface area contributed by atoms with Crippen LogP contribution in [0.4, 0.5) is 8.78 Å². The van der Waals surface area contributed by atoms with Gasteiger partial charge in [-0.2, -0.15) is 8.78 Å². The number of hydrogen-bond acceptors (Lipinski definition) is 2. The summed E-state index contributed by atoms with van der Waals surface area (Å²) in [6.07, 6.45) is 4.80. The van der Waals surface area contributed by atoms with Gasteiger partial charge in [0.25, 0.3) is 0 Å². The van der Waals surface area contributed by atoms with Crippen molar-refractivity contribution in [3.63, 3.8) is 0 Å². The zero-order valence-electron chi connectivity index (χ0n) is 10.9. The minimum atomic E-state index is -2.88. The summed E-state index contributed by atoms with van der Waals surface area (Å²) >= 11 is 0. The number of ether oxygens (including phenoxy) is 1. The lowest BCUT2D eigenvalue weighted by atomic mass is 10.0. The Morgan fingerprint density at radius 2 is 1.95 bits per heavy atom. The van der Waals surface area contributed by atoms with E-state index < -0.39 is 6.61 Å². The van der Waals surface area contributed by atoms with Crippen molar-refractivity contribution in [3.8, 4) is 5.75 Å². The topological polar surface area (TPSA) is 42.1 Å². The molecule has 2 aromatic rings. The number of benzene rings is 1. The minimum Gasteiger partial charge on any atom is -0.435 e. The lowest BCUT2D eigenvalue weighted by Crippen LogP contribution is -2.14. The number of halogens is 2. The summed E-state index contributed by atoms with van der Waals surface area (Å²) < 4.78 is 28.8. The maximum atomic E-state index is 12.5. The van der Waals surface area contributed by atoms with Gasteiger partial charge in [-0.15, -0.1) is 0 Å². The summed E-state index contributed by atoms with van der Waals surface area (Å²) in [6.45, 7) is -2.88. The SMILES string of the molecule is O=c1c2c([nH]c3ccc(OC(F)F)cc13)CCCCC2. The highest BCUT2D eigenvalue weighted by Crippen LogP contribution is 2.23. The molecule has 0 aliphatic heterocycles. The first-order valence-electron chi connectivity index (χ1n) is 6.78. The summed E-state index contributed by atoms with van der Waals surface area (Å²) in [6, 6.07) is 4.47. The zero-order chi connectivity index (χ0) is 14.1. The summed E-state index contributed by atoms with van der Waals surface area (Å²) in [4.78, 5) is 15.8. The highest BCUT2D eigenvalue weighted by atomic mass is 19.3. The third-order valence-electron chi connectivity index (χ3n) is 3.74. The van der Waals surface area contributed by atoms with Crippen LogP contribution in [-0.4, -0.2) is 11.6 Å². The first-order chi connectivity index (χ1) is 9.65. The van der Waals surface area contributed by atoms with Crippen LogP contribution in [0.25, 0.3) is 10.9 Å². The van der Waals surface area contributed by atoms with Gasteiger partial charge in [-0.1, -0.05) is 6.42 Å². The molecule has 0 amide bonds. The Labute approximate surface area is 114 Å². The molecule has 0 unspecified atom stereocenters. The fourth-order valence-corrected chi connectivity index (χ4v) is 2.79. The van der Waals surface area contributed by atoms with Gasteiger partial charge in [0.2, 0.25) is 0 Å². The van der Waals surface area contributed by atoms with Crippen molar-refractivity contribution >= 4 is 10.9 Å². The number of fused-ring (bicyclic) bond motifs is 2. The average Bonchev–Trinajstić information content (AvgIpc) is 2.64. The smallest absolute Gasteiger partial charge is 0.387 e. The maximum absolute atomic E-state index is 12.5. The van der Waals surface area contributed by atoms with E-state index in [0.29, 0.717) is 10.9 Å². The predicted molar refractivity (Wildman–Crippen MR) is 72.5 cm³/mol. The van der Waals surface area contributed by atoms with E-state index >= 15 is 0 Å². The highest BCUT2D eigenvalue weighted by molar-refractivity contribution is 5.81. The fourth-order valence-electron chi connectivity index (χ4n) is 2.79. The summed E-state index contributed by atoms with van der Waals surface area (Å²) in [7, 11) is 0. The molecule has 0 saturated heterocycles. The quantitative estimate of drug-likeness (QED) is 0.856. The second kappa shape index (κ2) is 5.23. The van der Waals surface area contributed by atoms with Crippen LogP contribution in [0.1, 0.15) is 30.5 Å². The molecule has 106 valence electrons. The monoisotopic (exact) mass is 279 g/mol. The Hall–Kier alpha value is -1.91. The Morgan fingerprint density at radius 3 is 2.75 bits per heavy atom. The molecule has 1 heterocycles. The van der Waals surface area contributed by atoms with E-state index in [0.717, 1.165) is 43.4 Å². The molecule has 1 N–H and O–H groups in total. The molecule has 0 radical (unpaired) electrons. The Bertz CT molecular complexity index is 694. The van der Waals surface area contributed by atoms with Gasteiger partial charge in [-0.3, -0.25) is 4.79 Å². The molecule has 5 heteroatoms. The van der Waals surface area contributed by atoms with Crippen molar-refractivity contribution in [1.29, 1.82) is 0 Å². The van der Waals surface area contributed by atoms with Gasteiger partial charge in [0.05, 0.1) is 0 Å². The van der Waals surface area contributed by atoms with Crippen molar-refractivity contribution < 1.29 is 13.5 Å². The molecule has 20 heavy (non-hydrogen) atoms. The number of H-pyrrole nitrogens is 1. The molecular weight excluding hydrogens is 264 g/mol. The number of aryl methyl sites for hydroxylation is 1. The Balaban J connectivity index is 2.15. The largest absolute Gasteiger partial charge is 0.435 e. The molecular formula is C15H15F2NO2. The van der Waals surface area contributed by atoms with Crippen molar-refractivity contribution in [2.45, 2.75) is 38.7 Å². The van der Waals surface area contributed by atoms with Gasteiger partial charge in [-0.25, -0.2) is 0 Å². The number of rotatable bonds is 2. The highest BCUT2D eigenvalue weighted by Gasteiger charge is 2.15. The van der Waals surface area contributed by atoms with Gasteiger partial charge in [0.1, 0.15) is 5.75 Å². The van der Waals surface area contributed by atoms with Crippen LogP contribution in [0, 0.1) is 0 Å².